The fraction of sp³-hybridized carbons (Fsp3) is 0.471. The van der Waals surface area contributed by atoms with Gasteiger partial charge in [0, 0.05) is 0 Å². The molecule has 1 aromatic carbocycles. The molecule has 1 saturated carbocycles. The molecule has 0 radical (unpaired) electrons. The van der Waals surface area contributed by atoms with E-state index in [2.05, 4.69) is 13.5 Å². The summed E-state index contributed by atoms with van der Waals surface area (Å²) >= 11 is 0. The summed E-state index contributed by atoms with van der Waals surface area (Å²) in [5.74, 6) is -0.201. The van der Waals surface area contributed by atoms with Gasteiger partial charge < -0.3 is 4.74 Å². The third-order valence-electron chi connectivity index (χ3n) is 4.08. The Balaban J connectivity index is 2.12. The average molecular weight is 258 g/mol. The van der Waals surface area contributed by atoms with E-state index in [4.69, 9.17) is 4.74 Å². The van der Waals surface area contributed by atoms with Gasteiger partial charge in [0.1, 0.15) is 5.60 Å². The first kappa shape index (κ1) is 13.9. The Morgan fingerprint density at radius 1 is 1.37 bits per heavy atom. The largest absolute Gasteiger partial charge is 0.455 e. The molecule has 0 N–H and O–H groups in total. The first-order valence-corrected chi connectivity index (χ1v) is 7.15. The maximum absolute atomic E-state index is 12.3. The summed E-state index contributed by atoms with van der Waals surface area (Å²) < 4.78 is 5.84. The maximum Gasteiger partial charge on any atom is 0.338 e. The van der Waals surface area contributed by atoms with Gasteiger partial charge in [0.05, 0.1) is 5.56 Å². The fourth-order valence-electron chi connectivity index (χ4n) is 2.77. The van der Waals surface area contributed by atoms with Crippen LogP contribution in [0.4, 0.5) is 0 Å². The highest BCUT2D eigenvalue weighted by molar-refractivity contribution is 5.90. The van der Waals surface area contributed by atoms with Crippen molar-refractivity contribution in [2.45, 2.75) is 51.0 Å². The van der Waals surface area contributed by atoms with Crippen molar-refractivity contribution in [3.05, 3.63) is 42.0 Å². The second-order valence-electron chi connectivity index (χ2n) is 5.32. The van der Waals surface area contributed by atoms with E-state index in [0.29, 0.717) is 5.56 Å². The summed E-state index contributed by atoms with van der Waals surface area (Å²) in [5, 5.41) is 0. The van der Waals surface area contributed by atoms with Crippen molar-refractivity contribution in [1.29, 1.82) is 0 Å². The molecule has 1 aliphatic rings. The van der Waals surface area contributed by atoms with E-state index in [0.717, 1.165) is 37.7 Å². The Kier molecular flexibility index (Phi) is 4.41. The lowest BCUT2D eigenvalue weighted by Gasteiger charge is -2.36. The summed E-state index contributed by atoms with van der Waals surface area (Å²) in [7, 11) is 0. The van der Waals surface area contributed by atoms with E-state index < -0.39 is 0 Å². The Bertz CT molecular complexity index is 456. The van der Waals surface area contributed by atoms with Crippen LogP contribution in [0, 0.1) is 0 Å². The van der Waals surface area contributed by atoms with Crippen LogP contribution >= 0.6 is 0 Å². The standard InChI is InChI=1S/C17H22O2/c1-3-14-9-8-10-15(13-14)16(18)19-17(4-2)11-6-5-7-12-17/h3,8-10,13H,1,4-7,11-12H2,2H3. The molecule has 102 valence electrons. The number of carbonyl (C=O) groups is 1. The van der Waals surface area contributed by atoms with E-state index in [1.54, 1.807) is 6.08 Å². The number of esters is 1. The smallest absolute Gasteiger partial charge is 0.338 e. The maximum atomic E-state index is 12.3. The van der Waals surface area contributed by atoms with Gasteiger partial charge in [0.2, 0.25) is 0 Å². The SMILES string of the molecule is C=Cc1cccc(C(=O)OC2(CC)CCCCC2)c1. The summed E-state index contributed by atoms with van der Waals surface area (Å²) in [5.41, 5.74) is 1.33. The minimum Gasteiger partial charge on any atom is -0.455 e. The van der Waals surface area contributed by atoms with Crippen molar-refractivity contribution in [1.82, 2.24) is 0 Å². The summed E-state index contributed by atoms with van der Waals surface area (Å²) in [4.78, 5) is 12.3. The number of ether oxygens (including phenoxy) is 1. The molecule has 2 nitrogen and oxygen atoms in total. The third-order valence-corrected chi connectivity index (χ3v) is 4.08. The summed E-state index contributed by atoms with van der Waals surface area (Å²) in [6, 6.07) is 7.44. The molecule has 0 aromatic heterocycles. The normalized spacial score (nSPS) is 17.7. The van der Waals surface area contributed by atoms with E-state index in [1.165, 1.54) is 6.42 Å². The zero-order chi connectivity index (χ0) is 13.7. The number of carbonyl (C=O) groups excluding carboxylic acids is 1. The highest BCUT2D eigenvalue weighted by atomic mass is 16.6. The van der Waals surface area contributed by atoms with Gasteiger partial charge in [-0.3, -0.25) is 0 Å². The first-order valence-electron chi connectivity index (χ1n) is 7.15. The molecule has 0 spiro atoms. The molecule has 19 heavy (non-hydrogen) atoms. The predicted molar refractivity (Wildman–Crippen MR) is 78.1 cm³/mol. The summed E-state index contributed by atoms with van der Waals surface area (Å²) in [6.45, 7) is 5.83. The van der Waals surface area contributed by atoms with Crippen LogP contribution in [0.2, 0.25) is 0 Å². The van der Waals surface area contributed by atoms with Gasteiger partial charge in [-0.25, -0.2) is 4.79 Å². The first-order chi connectivity index (χ1) is 9.19. The second kappa shape index (κ2) is 6.05. The molecule has 1 fully saturated rings. The molecule has 2 rings (SSSR count). The number of rotatable bonds is 4. The average Bonchev–Trinajstić information content (AvgIpc) is 2.48. The Labute approximate surface area is 115 Å². The van der Waals surface area contributed by atoms with Gasteiger partial charge in [-0.2, -0.15) is 0 Å². The molecule has 0 amide bonds. The molecule has 1 aromatic rings. The van der Waals surface area contributed by atoms with Crippen LogP contribution in [-0.2, 0) is 4.74 Å². The van der Waals surface area contributed by atoms with Crippen LogP contribution in [0.1, 0.15) is 61.4 Å². The van der Waals surface area contributed by atoms with Crippen molar-refractivity contribution in [3.8, 4) is 0 Å². The van der Waals surface area contributed by atoms with Crippen LogP contribution in [0.25, 0.3) is 6.08 Å². The molecule has 1 aliphatic carbocycles. The zero-order valence-corrected chi connectivity index (χ0v) is 11.7. The molecule has 0 atom stereocenters. The lowest BCUT2D eigenvalue weighted by Crippen LogP contribution is -2.36. The fourth-order valence-corrected chi connectivity index (χ4v) is 2.77. The number of hydrogen-bond acceptors (Lipinski definition) is 2. The molecule has 0 heterocycles. The molecule has 0 bridgehead atoms. The van der Waals surface area contributed by atoms with Crippen LogP contribution < -0.4 is 0 Å². The third kappa shape index (κ3) is 3.25. The monoisotopic (exact) mass is 258 g/mol. The molecular weight excluding hydrogens is 236 g/mol. The van der Waals surface area contributed by atoms with Gasteiger partial charge >= 0.3 is 5.97 Å². The van der Waals surface area contributed by atoms with Gasteiger partial charge in [-0.15, -0.1) is 0 Å². The molecule has 0 aliphatic heterocycles. The van der Waals surface area contributed by atoms with Gasteiger partial charge in [0.25, 0.3) is 0 Å². The molecule has 2 heteroatoms. The molecule has 0 unspecified atom stereocenters. The number of benzene rings is 1. The topological polar surface area (TPSA) is 26.3 Å². The van der Waals surface area contributed by atoms with E-state index in [1.807, 2.05) is 24.3 Å². The quantitative estimate of drug-likeness (QED) is 0.738. The van der Waals surface area contributed by atoms with Gasteiger partial charge in [-0.05, 0) is 49.8 Å². The predicted octanol–water partition coefficient (Wildman–Crippen LogP) is 4.60. The Hall–Kier alpha value is -1.57. The van der Waals surface area contributed by atoms with Crippen LogP contribution in [0.15, 0.2) is 30.8 Å². The van der Waals surface area contributed by atoms with Gasteiger partial charge in [-0.1, -0.05) is 38.1 Å². The summed E-state index contributed by atoms with van der Waals surface area (Å²) in [6.07, 6.45) is 8.21. The van der Waals surface area contributed by atoms with E-state index in [9.17, 15) is 4.79 Å². The minimum absolute atomic E-state index is 0.201. The van der Waals surface area contributed by atoms with Crippen molar-refractivity contribution in [2.75, 3.05) is 0 Å². The lowest BCUT2D eigenvalue weighted by molar-refractivity contribution is -0.0397. The minimum atomic E-state index is -0.237. The van der Waals surface area contributed by atoms with Crippen molar-refractivity contribution in [3.63, 3.8) is 0 Å². The lowest BCUT2D eigenvalue weighted by atomic mass is 9.82. The zero-order valence-electron chi connectivity index (χ0n) is 11.7. The Morgan fingerprint density at radius 2 is 2.11 bits per heavy atom. The highest BCUT2D eigenvalue weighted by Gasteiger charge is 2.34. The molecule has 0 saturated heterocycles. The van der Waals surface area contributed by atoms with E-state index in [-0.39, 0.29) is 11.6 Å². The van der Waals surface area contributed by atoms with Crippen LogP contribution in [0.3, 0.4) is 0 Å². The molecular formula is C17H22O2. The number of hydrogen-bond donors (Lipinski definition) is 0. The Morgan fingerprint density at radius 3 is 2.74 bits per heavy atom. The van der Waals surface area contributed by atoms with E-state index >= 15 is 0 Å². The van der Waals surface area contributed by atoms with Crippen molar-refractivity contribution >= 4 is 12.0 Å². The van der Waals surface area contributed by atoms with Crippen molar-refractivity contribution in [2.24, 2.45) is 0 Å². The van der Waals surface area contributed by atoms with Crippen molar-refractivity contribution < 1.29 is 9.53 Å². The highest BCUT2D eigenvalue weighted by Crippen LogP contribution is 2.35. The van der Waals surface area contributed by atoms with Gasteiger partial charge in [0.15, 0.2) is 0 Å². The second-order valence-corrected chi connectivity index (χ2v) is 5.32. The van der Waals surface area contributed by atoms with Crippen LogP contribution in [-0.4, -0.2) is 11.6 Å². The van der Waals surface area contributed by atoms with Crippen LogP contribution in [0.5, 0.6) is 0 Å².